The molecular formula is C13H21F11O3Si2. The van der Waals surface area contributed by atoms with Gasteiger partial charge in [-0.1, -0.05) is 0 Å². The number of halogens is 11. The van der Waals surface area contributed by atoms with E-state index in [-0.39, 0.29) is 0 Å². The summed E-state index contributed by atoms with van der Waals surface area (Å²) in [5, 5.41) is 0. The summed E-state index contributed by atoms with van der Waals surface area (Å²) in [6.45, 7) is 4.01. The lowest BCUT2D eigenvalue weighted by Crippen LogP contribution is -2.62. The minimum absolute atomic E-state index is 0.973. The standard InChI is InChI=1S/C13H21F11O3Si2/c1-25-28(3,4)27-29(5,26-2)7-6-8(12(20,21)22)10(16,17)13(23,24)11(18,19)9(14)15/h8-9H,6-7H2,1-5H3. The van der Waals surface area contributed by atoms with Crippen molar-refractivity contribution < 1.29 is 61.3 Å². The summed E-state index contributed by atoms with van der Waals surface area (Å²) >= 11 is 0. The molecule has 0 aromatic carbocycles. The van der Waals surface area contributed by atoms with Crippen LogP contribution in [-0.4, -0.2) is 61.7 Å². The molecule has 0 bridgehead atoms. The topological polar surface area (TPSA) is 27.7 Å². The third kappa shape index (κ3) is 6.27. The van der Waals surface area contributed by atoms with Crippen molar-refractivity contribution in [3.05, 3.63) is 0 Å². The number of alkyl halides is 11. The van der Waals surface area contributed by atoms with Gasteiger partial charge in [-0.3, -0.25) is 0 Å². The highest BCUT2D eigenvalue weighted by Crippen LogP contribution is 2.56. The molecule has 0 rings (SSSR count). The van der Waals surface area contributed by atoms with Gasteiger partial charge in [0.15, 0.2) is 0 Å². The first-order chi connectivity index (χ1) is 12.6. The first-order valence-electron chi connectivity index (χ1n) is 7.90. The molecule has 0 aromatic heterocycles. The first kappa shape index (κ1) is 28.5. The molecule has 0 aliphatic rings. The lowest BCUT2D eigenvalue weighted by molar-refractivity contribution is -0.374. The van der Waals surface area contributed by atoms with Crippen LogP contribution in [-0.2, 0) is 13.0 Å². The number of rotatable bonds is 11. The van der Waals surface area contributed by atoms with E-state index >= 15 is 0 Å². The van der Waals surface area contributed by atoms with E-state index in [0.29, 0.717) is 0 Å². The Hall–Kier alpha value is -0.456. The van der Waals surface area contributed by atoms with E-state index in [4.69, 9.17) is 13.0 Å². The normalized spacial score (nSPS) is 18.1. The van der Waals surface area contributed by atoms with Gasteiger partial charge in [-0.05, 0) is 32.1 Å². The zero-order chi connectivity index (χ0) is 23.7. The van der Waals surface area contributed by atoms with Crippen molar-refractivity contribution in [2.24, 2.45) is 5.92 Å². The Labute approximate surface area is 162 Å². The van der Waals surface area contributed by atoms with Crippen LogP contribution in [0, 0.1) is 5.92 Å². The zero-order valence-electron chi connectivity index (χ0n) is 16.0. The highest BCUT2D eigenvalue weighted by atomic mass is 28.5. The van der Waals surface area contributed by atoms with Crippen LogP contribution in [0.3, 0.4) is 0 Å². The van der Waals surface area contributed by atoms with Gasteiger partial charge in [-0.2, -0.15) is 39.5 Å². The predicted molar refractivity (Wildman–Crippen MR) is 84.0 cm³/mol. The van der Waals surface area contributed by atoms with Gasteiger partial charge in [0, 0.05) is 14.2 Å². The Morgan fingerprint density at radius 3 is 1.52 bits per heavy atom. The molecule has 16 heteroatoms. The maximum atomic E-state index is 13.9. The Morgan fingerprint density at radius 2 is 1.21 bits per heavy atom. The maximum Gasteiger partial charge on any atom is 0.397 e. The monoisotopic (exact) mass is 490 g/mol. The fraction of sp³-hybridized carbons (Fsp3) is 1.00. The van der Waals surface area contributed by atoms with Crippen LogP contribution in [0.2, 0.25) is 25.7 Å². The molecule has 176 valence electrons. The third-order valence-electron chi connectivity index (χ3n) is 4.22. The number of hydrogen-bond acceptors (Lipinski definition) is 3. The molecule has 3 nitrogen and oxygen atoms in total. The van der Waals surface area contributed by atoms with Crippen molar-refractivity contribution in [2.45, 2.75) is 62.5 Å². The highest BCUT2D eigenvalue weighted by Gasteiger charge is 2.80. The molecule has 0 fully saturated rings. The molecule has 0 saturated heterocycles. The van der Waals surface area contributed by atoms with Crippen LogP contribution in [0.4, 0.5) is 48.3 Å². The van der Waals surface area contributed by atoms with E-state index in [1.54, 1.807) is 0 Å². The van der Waals surface area contributed by atoms with Gasteiger partial charge in [-0.15, -0.1) is 0 Å². The minimum atomic E-state index is -6.97. The molecule has 0 saturated carbocycles. The molecule has 0 aromatic rings. The summed E-state index contributed by atoms with van der Waals surface area (Å²) in [7, 11) is -4.50. The largest absolute Gasteiger partial charge is 0.415 e. The summed E-state index contributed by atoms with van der Waals surface area (Å²) in [5.74, 6) is -24.6. The average molecular weight is 490 g/mol. The van der Waals surface area contributed by atoms with E-state index in [1.165, 1.54) is 20.2 Å². The zero-order valence-corrected chi connectivity index (χ0v) is 18.0. The van der Waals surface area contributed by atoms with E-state index in [1.807, 2.05) is 0 Å². The molecular weight excluding hydrogens is 469 g/mol. The Morgan fingerprint density at radius 1 is 0.759 bits per heavy atom. The second kappa shape index (κ2) is 8.96. The lowest BCUT2D eigenvalue weighted by Gasteiger charge is -2.39. The molecule has 0 heterocycles. The van der Waals surface area contributed by atoms with Crippen molar-refractivity contribution in [3.63, 3.8) is 0 Å². The van der Waals surface area contributed by atoms with Crippen molar-refractivity contribution in [1.82, 2.24) is 0 Å². The van der Waals surface area contributed by atoms with E-state index in [9.17, 15) is 48.3 Å². The Bertz CT molecular complexity index is 543. The average Bonchev–Trinajstić information content (AvgIpc) is 2.52. The fourth-order valence-corrected chi connectivity index (χ4v) is 8.54. The molecule has 2 unspecified atom stereocenters. The Kier molecular flexibility index (Phi) is 8.82. The maximum absolute atomic E-state index is 13.9. The quantitative estimate of drug-likeness (QED) is 0.270. The van der Waals surface area contributed by atoms with Gasteiger partial charge in [0.05, 0.1) is 0 Å². The first-order valence-corrected chi connectivity index (χ1v) is 13.2. The van der Waals surface area contributed by atoms with E-state index in [0.717, 1.165) is 13.7 Å². The molecule has 0 amide bonds. The van der Waals surface area contributed by atoms with Crippen molar-refractivity contribution in [1.29, 1.82) is 0 Å². The third-order valence-corrected chi connectivity index (χ3v) is 11.0. The van der Waals surface area contributed by atoms with Crippen molar-refractivity contribution in [3.8, 4) is 0 Å². The van der Waals surface area contributed by atoms with Crippen LogP contribution < -0.4 is 0 Å². The SMILES string of the molecule is CO[Si](C)(C)O[Si](C)(CCC(C(F)(F)F)C(F)(F)C(F)(F)C(F)(F)C(F)F)OC. The summed E-state index contributed by atoms with van der Waals surface area (Å²) < 4.78 is 160. The summed E-state index contributed by atoms with van der Waals surface area (Å²) in [6, 6.07) is -0.973. The molecule has 2 atom stereocenters. The van der Waals surface area contributed by atoms with Gasteiger partial charge in [0.25, 0.3) is 0 Å². The molecule has 0 aliphatic heterocycles. The number of hydrogen-bond donors (Lipinski definition) is 0. The van der Waals surface area contributed by atoms with Crippen LogP contribution in [0.5, 0.6) is 0 Å². The molecule has 29 heavy (non-hydrogen) atoms. The fourth-order valence-electron chi connectivity index (χ4n) is 2.29. The van der Waals surface area contributed by atoms with Crippen LogP contribution in [0.15, 0.2) is 0 Å². The predicted octanol–water partition coefficient (Wildman–Crippen LogP) is 5.81. The molecule has 0 spiro atoms. The smallest absolute Gasteiger partial charge is 0.397 e. The van der Waals surface area contributed by atoms with Gasteiger partial charge in [0.2, 0.25) is 0 Å². The molecule has 0 radical (unpaired) electrons. The van der Waals surface area contributed by atoms with Crippen LogP contribution >= 0.6 is 0 Å². The van der Waals surface area contributed by atoms with Gasteiger partial charge in [-0.25, -0.2) is 8.78 Å². The molecule has 0 N–H and O–H groups in total. The second-order valence-electron chi connectivity index (χ2n) is 6.80. The second-order valence-corrected chi connectivity index (χ2v) is 14.0. The van der Waals surface area contributed by atoms with Crippen molar-refractivity contribution in [2.75, 3.05) is 14.2 Å². The highest BCUT2D eigenvalue weighted by molar-refractivity contribution is 6.79. The minimum Gasteiger partial charge on any atom is -0.415 e. The molecule has 0 aliphatic carbocycles. The van der Waals surface area contributed by atoms with Crippen molar-refractivity contribution >= 4 is 17.1 Å². The van der Waals surface area contributed by atoms with Gasteiger partial charge in [0.1, 0.15) is 5.92 Å². The lowest BCUT2D eigenvalue weighted by atomic mass is 9.89. The summed E-state index contributed by atoms with van der Waals surface area (Å²) in [5.41, 5.74) is 0. The van der Waals surface area contributed by atoms with Crippen LogP contribution in [0.25, 0.3) is 0 Å². The van der Waals surface area contributed by atoms with Gasteiger partial charge < -0.3 is 13.0 Å². The van der Waals surface area contributed by atoms with E-state index < -0.39 is 65.9 Å². The van der Waals surface area contributed by atoms with E-state index in [2.05, 4.69) is 0 Å². The summed E-state index contributed by atoms with van der Waals surface area (Å²) in [6.07, 6.45) is -13.2. The Balaban J connectivity index is 5.96. The van der Waals surface area contributed by atoms with Crippen LogP contribution in [0.1, 0.15) is 6.42 Å². The van der Waals surface area contributed by atoms with Gasteiger partial charge >= 0.3 is 47.5 Å². The summed E-state index contributed by atoms with van der Waals surface area (Å²) in [4.78, 5) is 0.